The van der Waals surface area contributed by atoms with Crippen LogP contribution in [0.1, 0.15) is 11.1 Å². The van der Waals surface area contributed by atoms with Crippen molar-refractivity contribution in [3.63, 3.8) is 0 Å². The Hall–Kier alpha value is -0.510. The van der Waals surface area contributed by atoms with Crippen LogP contribution < -0.4 is 0 Å². The fraction of sp³-hybridized carbons (Fsp3) is 0.400. The Labute approximate surface area is 82.9 Å². The highest BCUT2D eigenvalue weighted by molar-refractivity contribution is 7.95. The molecule has 2 nitrogen and oxygen atoms in total. The zero-order valence-corrected chi connectivity index (χ0v) is 9.46. The summed E-state index contributed by atoms with van der Waals surface area (Å²) in [5.74, 6) is 0. The smallest absolute Gasteiger partial charge is 0.160 e. The zero-order chi connectivity index (χ0) is 8.43. The van der Waals surface area contributed by atoms with Gasteiger partial charge in [0.2, 0.25) is 0 Å². The van der Waals surface area contributed by atoms with Gasteiger partial charge in [-0.15, -0.1) is 0 Å². The van der Waals surface area contributed by atoms with Crippen molar-refractivity contribution in [3.05, 3.63) is 29.3 Å². The Morgan fingerprint density at radius 3 is 1.54 bits per heavy atom. The third kappa shape index (κ3) is 3.38. The van der Waals surface area contributed by atoms with Crippen LogP contribution in [0.2, 0.25) is 0 Å². The summed E-state index contributed by atoms with van der Waals surface area (Å²) in [6, 6.07) is 6.51. The second-order valence-corrected chi connectivity index (χ2v) is 5.08. The van der Waals surface area contributed by atoms with Gasteiger partial charge in [0.15, 0.2) is 4.90 Å². The van der Waals surface area contributed by atoms with Gasteiger partial charge in [0.1, 0.15) is 12.5 Å². The van der Waals surface area contributed by atoms with Gasteiger partial charge in [-0.3, -0.25) is 0 Å². The predicted molar refractivity (Wildman–Crippen MR) is 60.6 cm³/mol. The maximum Gasteiger partial charge on any atom is 0.160 e. The topological polar surface area (TPSA) is 63.0 Å². The highest BCUT2D eigenvalue weighted by Gasteiger charge is 2.13. The first kappa shape index (κ1) is 15.0. The molecule has 0 aliphatic carbocycles. The molecule has 0 radical (unpaired) electrons. The molecule has 0 aliphatic rings. The first-order valence-electron chi connectivity index (χ1n) is 3.76. The minimum Gasteiger partial charge on any atom is -0.412 e. The van der Waals surface area contributed by atoms with Crippen molar-refractivity contribution in [1.29, 1.82) is 0 Å². The molecule has 1 aromatic carbocycles. The first-order valence-corrected chi connectivity index (χ1v) is 5.81. The normalized spacial score (nSPS) is 9.00. The minimum atomic E-state index is 0. The van der Waals surface area contributed by atoms with Crippen LogP contribution in [0.15, 0.2) is 23.1 Å². The van der Waals surface area contributed by atoms with Crippen molar-refractivity contribution in [2.45, 2.75) is 18.7 Å². The van der Waals surface area contributed by atoms with Crippen LogP contribution >= 0.6 is 0 Å². The second-order valence-electron chi connectivity index (χ2n) is 3.04. The number of aryl methyl sites for hydroxylation is 2. The lowest BCUT2D eigenvalue weighted by Gasteiger charge is -2.03. The van der Waals surface area contributed by atoms with Gasteiger partial charge in [0, 0.05) is 22.0 Å². The van der Waals surface area contributed by atoms with Crippen LogP contribution in [0.25, 0.3) is 0 Å². The molecular formula is C10H19O2S+. The summed E-state index contributed by atoms with van der Waals surface area (Å²) in [6.45, 7) is 4.38. The number of hydrogen-bond acceptors (Lipinski definition) is 0. The molecule has 13 heavy (non-hydrogen) atoms. The molecule has 0 spiro atoms. The summed E-state index contributed by atoms with van der Waals surface area (Å²) in [7, 11) is 0.398. The molecule has 0 saturated heterocycles. The van der Waals surface area contributed by atoms with Crippen LogP contribution in [-0.4, -0.2) is 23.5 Å². The van der Waals surface area contributed by atoms with Gasteiger partial charge in [0.25, 0.3) is 0 Å². The van der Waals surface area contributed by atoms with Crippen LogP contribution in [0.3, 0.4) is 0 Å². The monoisotopic (exact) mass is 203 g/mol. The van der Waals surface area contributed by atoms with Crippen LogP contribution in [0.4, 0.5) is 0 Å². The molecule has 0 aliphatic heterocycles. The Kier molecular flexibility index (Phi) is 6.94. The molecule has 0 fully saturated rings. The summed E-state index contributed by atoms with van der Waals surface area (Å²) in [5.41, 5.74) is 2.86. The fourth-order valence-corrected chi connectivity index (χ4v) is 2.87. The SMILES string of the molecule is Cc1cccc(C)c1[S+](C)C.O.O. The van der Waals surface area contributed by atoms with E-state index in [1.165, 1.54) is 16.0 Å². The zero-order valence-electron chi connectivity index (χ0n) is 8.64. The van der Waals surface area contributed by atoms with Crippen molar-refractivity contribution < 1.29 is 11.0 Å². The Bertz CT molecular complexity index is 239. The molecule has 0 atom stereocenters. The van der Waals surface area contributed by atoms with E-state index < -0.39 is 0 Å². The fourth-order valence-electron chi connectivity index (χ4n) is 1.44. The number of benzene rings is 1. The average molecular weight is 203 g/mol. The van der Waals surface area contributed by atoms with Gasteiger partial charge in [-0.05, 0) is 13.8 Å². The van der Waals surface area contributed by atoms with E-state index in [1.54, 1.807) is 0 Å². The molecule has 1 rings (SSSR count). The molecule has 1 aromatic rings. The predicted octanol–water partition coefficient (Wildman–Crippen LogP) is 0.891. The van der Waals surface area contributed by atoms with Crippen LogP contribution in [0, 0.1) is 13.8 Å². The van der Waals surface area contributed by atoms with Crippen LogP contribution in [0.5, 0.6) is 0 Å². The molecule has 3 heteroatoms. The summed E-state index contributed by atoms with van der Waals surface area (Å²) >= 11 is 0. The Morgan fingerprint density at radius 1 is 0.923 bits per heavy atom. The lowest BCUT2D eigenvalue weighted by atomic mass is 10.2. The quantitative estimate of drug-likeness (QED) is 0.609. The molecule has 0 aromatic heterocycles. The van der Waals surface area contributed by atoms with E-state index in [1.807, 2.05) is 0 Å². The Balaban J connectivity index is 0. The molecule has 0 amide bonds. The van der Waals surface area contributed by atoms with Crippen molar-refractivity contribution in [2.24, 2.45) is 0 Å². The van der Waals surface area contributed by atoms with Gasteiger partial charge in [-0.2, -0.15) is 0 Å². The number of hydrogen-bond donors (Lipinski definition) is 0. The van der Waals surface area contributed by atoms with Gasteiger partial charge >= 0.3 is 0 Å². The molecule has 76 valence electrons. The van der Waals surface area contributed by atoms with Gasteiger partial charge in [-0.25, -0.2) is 0 Å². The average Bonchev–Trinajstić information content (AvgIpc) is 1.85. The number of rotatable bonds is 1. The van der Waals surface area contributed by atoms with Gasteiger partial charge < -0.3 is 11.0 Å². The minimum absolute atomic E-state index is 0. The van der Waals surface area contributed by atoms with E-state index in [-0.39, 0.29) is 11.0 Å². The van der Waals surface area contributed by atoms with Crippen molar-refractivity contribution in [1.82, 2.24) is 0 Å². The molecule has 4 N–H and O–H groups in total. The lowest BCUT2D eigenvalue weighted by Crippen LogP contribution is -2.01. The summed E-state index contributed by atoms with van der Waals surface area (Å²) < 4.78 is 0. The lowest BCUT2D eigenvalue weighted by molar-refractivity contribution is 0.823. The maximum atomic E-state index is 2.27. The molecular weight excluding hydrogens is 184 g/mol. The third-order valence-corrected chi connectivity index (χ3v) is 3.28. The van der Waals surface area contributed by atoms with Crippen molar-refractivity contribution >= 4 is 10.9 Å². The van der Waals surface area contributed by atoms with E-state index in [4.69, 9.17) is 0 Å². The first-order chi connectivity index (χ1) is 5.13. The van der Waals surface area contributed by atoms with E-state index in [9.17, 15) is 0 Å². The molecule has 0 saturated carbocycles. The largest absolute Gasteiger partial charge is 0.412 e. The van der Waals surface area contributed by atoms with Gasteiger partial charge in [0.05, 0.1) is 0 Å². The molecule has 0 bridgehead atoms. The van der Waals surface area contributed by atoms with E-state index in [2.05, 4.69) is 44.6 Å². The molecule has 0 heterocycles. The highest BCUT2D eigenvalue weighted by Crippen LogP contribution is 2.18. The van der Waals surface area contributed by atoms with Crippen molar-refractivity contribution in [2.75, 3.05) is 12.5 Å². The third-order valence-electron chi connectivity index (χ3n) is 1.82. The van der Waals surface area contributed by atoms with E-state index in [0.717, 1.165) is 0 Å². The Morgan fingerprint density at radius 2 is 1.31 bits per heavy atom. The van der Waals surface area contributed by atoms with E-state index >= 15 is 0 Å². The standard InChI is InChI=1S/C10H15S.2H2O/c1-8-6-5-7-9(2)10(8)11(3)4;;/h5-7H,1-4H3;2*1H2/q+1;;. The highest BCUT2D eigenvalue weighted by atomic mass is 32.2. The summed E-state index contributed by atoms with van der Waals surface area (Å²) in [5, 5.41) is 0. The summed E-state index contributed by atoms with van der Waals surface area (Å²) in [6.07, 6.45) is 4.55. The van der Waals surface area contributed by atoms with Gasteiger partial charge in [-0.1, -0.05) is 18.2 Å². The maximum absolute atomic E-state index is 2.27. The second kappa shape index (κ2) is 6.02. The van der Waals surface area contributed by atoms with Crippen LogP contribution in [-0.2, 0) is 10.9 Å². The van der Waals surface area contributed by atoms with Crippen molar-refractivity contribution in [3.8, 4) is 0 Å². The van der Waals surface area contributed by atoms with E-state index in [0.29, 0.717) is 10.9 Å². The summed E-state index contributed by atoms with van der Waals surface area (Å²) in [4.78, 5) is 1.53. The molecule has 0 unspecified atom stereocenters.